The van der Waals surface area contributed by atoms with E-state index >= 15 is 0 Å². The third kappa shape index (κ3) is 3.24. The van der Waals surface area contributed by atoms with Crippen LogP contribution >= 0.6 is 17.0 Å². The van der Waals surface area contributed by atoms with Crippen LogP contribution < -0.4 is 11.3 Å². The van der Waals surface area contributed by atoms with E-state index in [2.05, 4.69) is 4.98 Å². The average Bonchev–Trinajstić information content (AvgIpc) is 2.47. The number of nitrogens with one attached hydrogen (secondary N) is 1. The van der Waals surface area contributed by atoms with Gasteiger partial charge in [-0.2, -0.15) is 13.2 Å². The molecule has 23 heavy (non-hydrogen) atoms. The summed E-state index contributed by atoms with van der Waals surface area (Å²) in [6, 6.07) is 11.2. The van der Waals surface area contributed by atoms with E-state index in [0.717, 1.165) is 12.1 Å². The largest absolute Gasteiger partial charge is 0.416 e. The van der Waals surface area contributed by atoms with Crippen molar-refractivity contribution >= 4 is 33.4 Å². The molecule has 0 spiro atoms. The van der Waals surface area contributed by atoms with E-state index in [1.807, 2.05) is 0 Å². The zero-order valence-corrected chi connectivity index (χ0v) is 13.4. The molecule has 7 heteroatoms. The van der Waals surface area contributed by atoms with Gasteiger partial charge in [-0.25, -0.2) is 0 Å². The number of rotatable bonds is 1. The number of hydrogen-bond acceptors (Lipinski definition) is 2. The monoisotopic (exact) mass is 384 g/mol. The molecule has 0 aliphatic rings. The lowest BCUT2D eigenvalue weighted by atomic mass is 10.0. The quantitative estimate of drug-likeness (QED) is 0.611. The number of halogens is 4. The Labute approximate surface area is 139 Å². The molecule has 1 aromatic heterocycles. The predicted molar refractivity (Wildman–Crippen MR) is 89.7 cm³/mol. The molecule has 3 N–H and O–H groups in total. The maximum absolute atomic E-state index is 12.6. The number of pyridine rings is 1. The van der Waals surface area contributed by atoms with E-state index in [4.69, 9.17) is 5.73 Å². The Morgan fingerprint density at radius 2 is 1.61 bits per heavy atom. The summed E-state index contributed by atoms with van der Waals surface area (Å²) in [5.74, 6) is 0. The van der Waals surface area contributed by atoms with E-state index in [9.17, 15) is 18.0 Å². The third-order valence-electron chi connectivity index (χ3n) is 3.44. The first kappa shape index (κ1) is 17.1. The minimum atomic E-state index is -4.39. The fourth-order valence-electron chi connectivity index (χ4n) is 2.31. The van der Waals surface area contributed by atoms with Crippen LogP contribution in [0.1, 0.15) is 5.56 Å². The number of fused-ring (bicyclic) bond motifs is 1. The molecule has 0 atom stereocenters. The Morgan fingerprint density at radius 1 is 0.957 bits per heavy atom. The molecule has 0 amide bonds. The number of H-pyrrole nitrogens is 1. The lowest BCUT2D eigenvalue weighted by Crippen LogP contribution is -2.08. The van der Waals surface area contributed by atoms with Crippen LogP contribution in [-0.4, -0.2) is 4.98 Å². The van der Waals surface area contributed by atoms with Crippen LogP contribution in [0.4, 0.5) is 18.9 Å². The average molecular weight is 385 g/mol. The van der Waals surface area contributed by atoms with Gasteiger partial charge in [0.15, 0.2) is 0 Å². The Kier molecular flexibility index (Phi) is 4.51. The predicted octanol–water partition coefficient (Wildman–Crippen LogP) is 4.37. The normalized spacial score (nSPS) is 11.3. The molecule has 0 bridgehead atoms. The van der Waals surface area contributed by atoms with Crippen molar-refractivity contribution in [2.24, 2.45) is 0 Å². The number of benzene rings is 2. The summed E-state index contributed by atoms with van der Waals surface area (Å²) in [6.45, 7) is 0. The minimum absolute atomic E-state index is 0. The zero-order chi connectivity index (χ0) is 15.9. The van der Waals surface area contributed by atoms with E-state index in [1.165, 1.54) is 12.1 Å². The molecular formula is C16H12BrF3N2O. The second-order valence-electron chi connectivity index (χ2n) is 4.90. The number of nitrogens with two attached hydrogens (primary N) is 1. The van der Waals surface area contributed by atoms with Crippen molar-refractivity contribution in [2.75, 3.05) is 5.73 Å². The van der Waals surface area contributed by atoms with E-state index in [0.29, 0.717) is 27.7 Å². The molecule has 3 nitrogen and oxygen atoms in total. The van der Waals surface area contributed by atoms with E-state index < -0.39 is 11.7 Å². The van der Waals surface area contributed by atoms with Gasteiger partial charge in [-0.3, -0.25) is 4.79 Å². The first-order valence-corrected chi connectivity index (χ1v) is 6.45. The van der Waals surface area contributed by atoms with Crippen molar-refractivity contribution in [2.45, 2.75) is 6.18 Å². The Hall–Kier alpha value is -2.28. The second kappa shape index (κ2) is 6.08. The van der Waals surface area contributed by atoms with Gasteiger partial charge in [-0.15, -0.1) is 17.0 Å². The number of alkyl halides is 3. The molecule has 0 aliphatic carbocycles. The molecule has 0 unspecified atom stereocenters. The summed E-state index contributed by atoms with van der Waals surface area (Å²) in [6.07, 6.45) is -4.39. The van der Waals surface area contributed by atoms with Crippen LogP contribution in [0.15, 0.2) is 53.3 Å². The summed E-state index contributed by atoms with van der Waals surface area (Å²) >= 11 is 0. The second-order valence-corrected chi connectivity index (χ2v) is 4.90. The van der Waals surface area contributed by atoms with Gasteiger partial charge >= 0.3 is 6.18 Å². The first-order chi connectivity index (χ1) is 10.4. The van der Waals surface area contributed by atoms with Crippen LogP contribution in [0.3, 0.4) is 0 Å². The summed E-state index contributed by atoms with van der Waals surface area (Å²) in [7, 11) is 0. The highest BCUT2D eigenvalue weighted by Crippen LogP contribution is 2.31. The van der Waals surface area contributed by atoms with Crippen LogP contribution in [-0.2, 0) is 6.18 Å². The zero-order valence-electron chi connectivity index (χ0n) is 11.6. The first-order valence-electron chi connectivity index (χ1n) is 6.45. The number of aromatic amines is 1. The highest BCUT2D eigenvalue weighted by molar-refractivity contribution is 8.93. The third-order valence-corrected chi connectivity index (χ3v) is 3.44. The van der Waals surface area contributed by atoms with Gasteiger partial charge < -0.3 is 10.7 Å². The summed E-state index contributed by atoms with van der Waals surface area (Å²) in [5, 5.41) is 1.01. The SMILES string of the molecule is Br.Nc1cccc2c(=O)[nH]c(-c3ccc(C(F)(F)F)cc3)cc12. The van der Waals surface area contributed by atoms with Crippen molar-refractivity contribution in [3.63, 3.8) is 0 Å². The summed E-state index contributed by atoms with van der Waals surface area (Å²) < 4.78 is 37.7. The molecule has 3 rings (SSSR count). The fourth-order valence-corrected chi connectivity index (χ4v) is 2.31. The topological polar surface area (TPSA) is 58.9 Å². The van der Waals surface area contributed by atoms with Crippen LogP contribution in [0.5, 0.6) is 0 Å². The standard InChI is InChI=1S/C16H11F3N2O.BrH/c17-16(18,19)10-6-4-9(5-7-10)14-8-12-11(15(22)21-14)2-1-3-13(12)20;/h1-8H,20H2,(H,21,22);1H. The molecule has 3 aromatic rings. The van der Waals surface area contributed by atoms with Crippen molar-refractivity contribution in [3.8, 4) is 11.3 Å². The molecule has 2 aromatic carbocycles. The highest BCUT2D eigenvalue weighted by Gasteiger charge is 2.30. The smallest absolute Gasteiger partial charge is 0.398 e. The molecule has 0 saturated heterocycles. The summed E-state index contributed by atoms with van der Waals surface area (Å²) in [4.78, 5) is 14.7. The van der Waals surface area contributed by atoms with Gasteiger partial charge in [-0.1, -0.05) is 18.2 Å². The molecular weight excluding hydrogens is 373 g/mol. The Morgan fingerprint density at radius 3 is 2.22 bits per heavy atom. The lowest BCUT2D eigenvalue weighted by Gasteiger charge is -2.09. The van der Waals surface area contributed by atoms with Crippen LogP contribution in [0.25, 0.3) is 22.0 Å². The van der Waals surface area contributed by atoms with Crippen LogP contribution in [0.2, 0.25) is 0 Å². The van der Waals surface area contributed by atoms with Gasteiger partial charge in [-0.05, 0) is 35.9 Å². The maximum Gasteiger partial charge on any atom is 0.416 e. The van der Waals surface area contributed by atoms with Gasteiger partial charge in [0, 0.05) is 22.2 Å². The Bertz CT molecular complexity index is 902. The molecule has 0 saturated carbocycles. The van der Waals surface area contributed by atoms with Crippen LogP contribution in [0, 0.1) is 0 Å². The number of hydrogen-bond donors (Lipinski definition) is 2. The van der Waals surface area contributed by atoms with Crippen molar-refractivity contribution in [1.82, 2.24) is 4.98 Å². The fraction of sp³-hybridized carbons (Fsp3) is 0.0625. The number of aromatic nitrogens is 1. The maximum atomic E-state index is 12.6. The van der Waals surface area contributed by atoms with Gasteiger partial charge in [0.05, 0.1) is 5.56 Å². The van der Waals surface area contributed by atoms with Gasteiger partial charge in [0.25, 0.3) is 5.56 Å². The Balaban J connectivity index is 0.00000192. The minimum Gasteiger partial charge on any atom is -0.398 e. The molecule has 0 aliphatic heterocycles. The van der Waals surface area contributed by atoms with E-state index in [1.54, 1.807) is 24.3 Å². The summed E-state index contributed by atoms with van der Waals surface area (Å²) in [5.41, 5.74) is 6.12. The van der Waals surface area contributed by atoms with E-state index in [-0.39, 0.29) is 22.5 Å². The molecule has 0 fully saturated rings. The molecule has 0 radical (unpaired) electrons. The molecule has 1 heterocycles. The lowest BCUT2D eigenvalue weighted by molar-refractivity contribution is -0.137. The van der Waals surface area contributed by atoms with Gasteiger partial charge in [0.1, 0.15) is 0 Å². The highest BCUT2D eigenvalue weighted by atomic mass is 79.9. The van der Waals surface area contributed by atoms with Crippen molar-refractivity contribution in [3.05, 3.63) is 64.4 Å². The number of nitrogen functional groups attached to an aromatic ring is 1. The van der Waals surface area contributed by atoms with Gasteiger partial charge in [0.2, 0.25) is 0 Å². The number of anilines is 1. The van der Waals surface area contributed by atoms with Crippen molar-refractivity contribution in [1.29, 1.82) is 0 Å². The van der Waals surface area contributed by atoms with Crippen molar-refractivity contribution < 1.29 is 13.2 Å². The molecule has 120 valence electrons.